The largest absolute Gasteiger partial charge is 1.00 e. The first-order chi connectivity index (χ1) is 29.8. The first kappa shape index (κ1) is 46.9. The molecule has 5 heterocycles. The number of ether oxygens (including phenoxy) is 5. The van der Waals surface area contributed by atoms with Gasteiger partial charge in [-0.2, -0.15) is 10.2 Å². The molecule has 3 aliphatic rings. The Kier molecular flexibility index (Phi) is 14.9. The van der Waals surface area contributed by atoms with Crippen LogP contribution in [0.15, 0.2) is 90.5 Å². The number of nitrogens with zero attached hydrogens (tertiary/aromatic N) is 8. The summed E-state index contributed by atoms with van der Waals surface area (Å²) in [6, 6.07) is 20.0. The van der Waals surface area contributed by atoms with Gasteiger partial charge in [0.05, 0.1) is 35.4 Å². The van der Waals surface area contributed by atoms with Gasteiger partial charge in [-0.1, -0.05) is 29.3 Å². The van der Waals surface area contributed by atoms with Gasteiger partial charge in [0.1, 0.15) is 68.4 Å². The van der Waals surface area contributed by atoms with Crippen molar-refractivity contribution in [3.05, 3.63) is 112 Å². The minimum atomic E-state index is -1.92. The van der Waals surface area contributed by atoms with Gasteiger partial charge in [-0.05, 0) is 74.5 Å². The van der Waals surface area contributed by atoms with Crippen LogP contribution in [0.4, 0.5) is 11.4 Å². The summed E-state index contributed by atoms with van der Waals surface area (Å²) >= 11 is 12.8. The van der Waals surface area contributed by atoms with Crippen LogP contribution < -0.4 is 54.9 Å². The number of aliphatic hydroxyl groups excluding tert-OH is 3. The van der Waals surface area contributed by atoms with Gasteiger partial charge in [0, 0.05) is 48.1 Å². The molecule has 63 heavy (non-hydrogen) atoms. The van der Waals surface area contributed by atoms with Crippen molar-refractivity contribution in [1.29, 1.82) is 0 Å². The van der Waals surface area contributed by atoms with E-state index in [-0.39, 0.29) is 55.4 Å². The van der Waals surface area contributed by atoms with E-state index in [2.05, 4.69) is 25.0 Å². The second-order valence-corrected chi connectivity index (χ2v) is 16.2. The van der Waals surface area contributed by atoms with Crippen LogP contribution in [0.1, 0.15) is 25.5 Å². The normalized spacial score (nSPS) is 26.0. The summed E-state index contributed by atoms with van der Waals surface area (Å²) in [5.41, 5.74) is 2.84. The molecule has 3 N–H and O–H groups in total. The predicted octanol–water partition coefficient (Wildman–Crippen LogP) is -1.87. The third-order valence-corrected chi connectivity index (χ3v) is 11.9. The Morgan fingerprint density at radius 1 is 0.905 bits per heavy atom. The summed E-state index contributed by atoms with van der Waals surface area (Å²) < 4.78 is 33.9. The Hall–Kier alpha value is -4.09. The number of benzene rings is 3. The molecule has 9 atom stereocenters. The molecule has 0 amide bonds. The van der Waals surface area contributed by atoms with E-state index in [0.717, 1.165) is 37.6 Å². The molecule has 0 aliphatic carbocycles. The van der Waals surface area contributed by atoms with E-state index in [0.29, 0.717) is 27.0 Å². The van der Waals surface area contributed by atoms with E-state index in [1.54, 1.807) is 43.1 Å². The molecule has 3 saturated heterocycles. The van der Waals surface area contributed by atoms with E-state index in [4.69, 9.17) is 46.9 Å². The molecule has 0 spiro atoms. The zero-order chi connectivity index (χ0) is 43.7. The van der Waals surface area contributed by atoms with Gasteiger partial charge < -0.3 is 58.7 Å². The van der Waals surface area contributed by atoms with Crippen LogP contribution in [0, 0.1) is 0 Å². The number of rotatable bonds is 14. The molecule has 0 bridgehead atoms. The maximum Gasteiger partial charge on any atom is 1.00 e. The summed E-state index contributed by atoms with van der Waals surface area (Å²) in [5.74, 6) is -2.28. The molecule has 3 aromatic carbocycles. The minimum absolute atomic E-state index is 0. The third-order valence-electron chi connectivity index (χ3n) is 11.4. The number of aliphatic hydroxyl groups is 3. The molecule has 8 rings (SSSR count). The SMILES string of the molecule is CC(O[C@@H]1O[C@@H](C(=O)[O-])[C@H](O)[C@@H](O)[C@@H]1O)C(C)n1ncn(-c2ccc(N3CCN(c4ccc(OC[C@H]5CO[C@](Cn6cncn6)(c6ccc(Cl)cc6Cl)O5)cc4)CC3)cc2)c1=O.[Na+]. The van der Waals surface area contributed by atoms with Crippen molar-refractivity contribution in [1.82, 2.24) is 29.1 Å². The summed E-state index contributed by atoms with van der Waals surface area (Å²) in [6.07, 6.45) is -5.84. The molecule has 3 aliphatic heterocycles. The fourth-order valence-corrected chi connectivity index (χ4v) is 8.28. The van der Waals surface area contributed by atoms with Crippen LogP contribution in [0.3, 0.4) is 0 Å². The number of halogens is 2. The zero-order valence-electron chi connectivity index (χ0n) is 34.6. The Morgan fingerprint density at radius 3 is 2.17 bits per heavy atom. The van der Waals surface area contributed by atoms with E-state index in [1.165, 1.54) is 21.9 Å². The summed E-state index contributed by atoms with van der Waals surface area (Å²) in [7, 11) is 0. The molecule has 19 nitrogen and oxygen atoms in total. The first-order valence-electron chi connectivity index (χ1n) is 20.0. The van der Waals surface area contributed by atoms with Gasteiger partial charge in [-0.3, -0.25) is 0 Å². The second-order valence-electron chi connectivity index (χ2n) is 15.3. The van der Waals surface area contributed by atoms with Crippen molar-refractivity contribution >= 4 is 40.5 Å². The van der Waals surface area contributed by atoms with Gasteiger partial charge in [-0.25, -0.2) is 23.7 Å². The number of aromatic nitrogens is 6. The van der Waals surface area contributed by atoms with Crippen molar-refractivity contribution in [2.75, 3.05) is 49.2 Å². The van der Waals surface area contributed by atoms with Crippen molar-refractivity contribution in [2.45, 2.75) is 75.1 Å². The van der Waals surface area contributed by atoms with E-state index >= 15 is 0 Å². The molecule has 0 saturated carbocycles. The molecule has 5 aromatic rings. The number of hydrogen-bond donors (Lipinski definition) is 3. The topological polar surface area (TPSA) is 224 Å². The fourth-order valence-electron chi connectivity index (χ4n) is 7.72. The average Bonchev–Trinajstić information content (AvgIpc) is 4.04. The average molecular weight is 920 g/mol. The molecule has 3 fully saturated rings. The smallest absolute Gasteiger partial charge is 0.547 e. The number of carboxylic acids is 1. The predicted molar refractivity (Wildman–Crippen MR) is 220 cm³/mol. The maximum absolute atomic E-state index is 13.4. The first-order valence-corrected chi connectivity index (χ1v) is 20.7. The molecule has 330 valence electrons. The molecule has 2 unspecified atom stereocenters. The molecular formula is C41H45Cl2N8NaO11. The molecule has 22 heteroatoms. The van der Waals surface area contributed by atoms with Crippen LogP contribution in [-0.4, -0.2) is 133 Å². The summed E-state index contributed by atoms with van der Waals surface area (Å²) in [4.78, 5) is 33.4. The van der Waals surface area contributed by atoms with E-state index in [1.807, 2.05) is 48.5 Å². The van der Waals surface area contributed by atoms with E-state index < -0.39 is 60.3 Å². The Labute approximate surface area is 393 Å². The maximum atomic E-state index is 13.4. The summed E-state index contributed by atoms with van der Waals surface area (Å²) in [5, 5.41) is 51.1. The van der Waals surface area contributed by atoms with Crippen molar-refractivity contribution < 1.29 is 78.5 Å². The van der Waals surface area contributed by atoms with Crippen molar-refractivity contribution in [3.8, 4) is 11.4 Å². The monoisotopic (exact) mass is 918 g/mol. The second kappa shape index (κ2) is 20.0. The number of hydrogen-bond acceptors (Lipinski definition) is 16. The van der Waals surface area contributed by atoms with Gasteiger partial charge in [0.2, 0.25) is 5.79 Å². The van der Waals surface area contributed by atoms with Crippen LogP contribution in [0.25, 0.3) is 5.69 Å². The number of anilines is 2. The van der Waals surface area contributed by atoms with Crippen LogP contribution >= 0.6 is 23.2 Å². The number of aliphatic carboxylic acids is 1. The molecule has 2 aromatic heterocycles. The number of carbonyl (C=O) groups excluding carboxylic acids is 1. The van der Waals surface area contributed by atoms with Crippen LogP contribution in [0.5, 0.6) is 5.75 Å². The molecular weight excluding hydrogens is 874 g/mol. The third kappa shape index (κ3) is 10.1. The minimum Gasteiger partial charge on any atom is -0.547 e. The molecule has 0 radical (unpaired) electrons. The standard InChI is InChI=1S/C41H46Cl2N8O11.Na/c1-24(25(2)60-39-36(54)34(52)35(53)37(61-39)38(55)56)51-40(57)50(23-46-51)29-6-4-27(5-7-29)47-13-15-48(16-14-47)28-8-10-30(11-9-28)58-18-31-19-59-41(62-31,20-49-22-44-21-45-49)32-12-3-26(42)17-33(32)43;/h3-12,17,21-25,31,34-37,39,52-54H,13-16,18-20H2,1-2H3,(H,55,56);/q;+1/p-1/t24?,25?,31-,34+,35+,36-,37+,39+,41-;/m0./s1. The van der Waals surface area contributed by atoms with Crippen LogP contribution in [0.2, 0.25) is 10.0 Å². The fraction of sp³-hybridized carbons (Fsp3) is 0.439. The zero-order valence-corrected chi connectivity index (χ0v) is 38.1. The number of carboxylic acid groups (broad SMARTS) is 1. The van der Waals surface area contributed by atoms with Gasteiger partial charge in [0.15, 0.2) is 6.29 Å². The van der Waals surface area contributed by atoms with Gasteiger partial charge >= 0.3 is 35.2 Å². The number of carbonyl (C=O) groups is 1. The quantitative estimate of drug-likeness (QED) is 0.104. The Morgan fingerprint density at radius 2 is 1.56 bits per heavy atom. The number of piperazine rings is 1. The van der Waals surface area contributed by atoms with Crippen LogP contribution in [-0.2, 0) is 36.1 Å². The van der Waals surface area contributed by atoms with Gasteiger partial charge in [0.25, 0.3) is 0 Å². The Balaban J connectivity index is 0.00000595. The van der Waals surface area contributed by atoms with E-state index in [9.17, 15) is 30.0 Å². The van der Waals surface area contributed by atoms with Crippen molar-refractivity contribution in [2.24, 2.45) is 0 Å². The Bertz CT molecular complexity index is 2370. The van der Waals surface area contributed by atoms with Crippen molar-refractivity contribution in [3.63, 3.8) is 0 Å². The van der Waals surface area contributed by atoms with Gasteiger partial charge in [-0.15, -0.1) is 0 Å². The summed E-state index contributed by atoms with van der Waals surface area (Å²) in [6.45, 7) is 7.12.